The van der Waals surface area contributed by atoms with Crippen LogP contribution in [0, 0.1) is 17.8 Å². The highest BCUT2D eigenvalue weighted by Crippen LogP contribution is 2.28. The molecule has 2 amide bonds. The molecule has 0 unspecified atom stereocenters. The molecule has 336 valence electrons. The van der Waals surface area contributed by atoms with Crippen molar-refractivity contribution in [2.75, 3.05) is 64.0 Å². The normalized spacial score (nSPS) is 17.2. The number of aromatic nitrogens is 2. The fourth-order valence-corrected chi connectivity index (χ4v) is 8.05. The summed E-state index contributed by atoms with van der Waals surface area (Å²) in [7, 11) is 1.57. The van der Waals surface area contributed by atoms with Gasteiger partial charge < -0.3 is 30.2 Å². The standard InChI is InChI=1S/C25H32ClN5O2.C19H29N3O4.2CH4/c1-33-29-24(19-2-4-22(26)5-3-19)20-9-14-31(15-10-20)25(32)21-7-12-30(13-8-21)17-18-6-11-28-23(27)16-18;1-19(2,3)26-18(25)21-16-13-14(6-9-20-16)5-4-10-22-11-7-15(8-12-22)17(23)24;;/h2-6,11,16,20-21H,7-10,12-15,17H2,1H3,(H2,27,28);6,9,13,15H,4-5,7-8,10-12H2,1-3H3,(H,23,24)(H,20,21,25);2*1H4. The first-order chi connectivity index (χ1) is 28.3. The lowest BCUT2D eigenvalue weighted by Gasteiger charge is -2.37. The maximum Gasteiger partial charge on any atom is 0.413 e. The maximum absolute atomic E-state index is 13.2. The van der Waals surface area contributed by atoms with E-state index in [-0.39, 0.29) is 32.6 Å². The van der Waals surface area contributed by atoms with Gasteiger partial charge in [0.1, 0.15) is 24.3 Å². The van der Waals surface area contributed by atoms with Gasteiger partial charge in [-0.2, -0.15) is 0 Å². The van der Waals surface area contributed by atoms with Gasteiger partial charge in [0.25, 0.3) is 0 Å². The number of benzene rings is 1. The van der Waals surface area contributed by atoms with Crippen LogP contribution in [0.25, 0.3) is 0 Å². The van der Waals surface area contributed by atoms with Crippen LogP contribution in [0.3, 0.4) is 0 Å². The van der Waals surface area contributed by atoms with Crippen molar-refractivity contribution in [1.29, 1.82) is 0 Å². The molecule has 0 aliphatic carbocycles. The summed E-state index contributed by atoms with van der Waals surface area (Å²) in [5, 5.41) is 16.7. The number of aliphatic carboxylic acids is 1. The highest BCUT2D eigenvalue weighted by molar-refractivity contribution is 6.30. The molecule has 0 spiro atoms. The molecule has 3 saturated heterocycles. The Kier molecular flexibility index (Phi) is 20.4. The molecule has 3 aliphatic heterocycles. The zero-order valence-electron chi connectivity index (χ0n) is 34.9. The number of carboxylic acids is 1. The summed E-state index contributed by atoms with van der Waals surface area (Å²) >= 11 is 6.04. The number of nitrogens with one attached hydrogen (secondary N) is 1. The van der Waals surface area contributed by atoms with Crippen LogP contribution in [0.5, 0.6) is 0 Å². The van der Waals surface area contributed by atoms with Gasteiger partial charge in [-0.25, -0.2) is 14.8 Å². The molecule has 4 N–H and O–H groups in total. The number of pyridine rings is 2. The van der Waals surface area contributed by atoms with Gasteiger partial charge in [-0.05, 0) is 158 Å². The van der Waals surface area contributed by atoms with Crippen LogP contribution in [-0.2, 0) is 32.1 Å². The molecule has 0 atom stereocenters. The first-order valence-electron chi connectivity index (χ1n) is 20.7. The number of carboxylic acid groups (broad SMARTS) is 1. The SMILES string of the molecule is C.C.CC(C)(C)OC(=O)Nc1cc(CCCN2CCC(C(=O)O)CC2)ccn1.CON=C(c1ccc(Cl)cc1)C1CCN(C(=O)C2CCN(Cc3ccnc(N)c3)CC2)CC1. The Morgan fingerprint density at radius 1 is 0.836 bits per heavy atom. The predicted octanol–water partition coefficient (Wildman–Crippen LogP) is 8.25. The molecule has 0 saturated carbocycles. The Balaban J connectivity index is 0.000000324. The Morgan fingerprint density at radius 3 is 2.03 bits per heavy atom. The summed E-state index contributed by atoms with van der Waals surface area (Å²) in [6, 6.07) is 15.4. The summed E-state index contributed by atoms with van der Waals surface area (Å²) in [5.41, 5.74) is 9.48. The smallest absolute Gasteiger partial charge is 0.413 e. The lowest BCUT2D eigenvalue weighted by atomic mass is 9.87. The maximum atomic E-state index is 13.2. The quantitative estimate of drug-likeness (QED) is 0.118. The van der Waals surface area contributed by atoms with Crippen LogP contribution in [0.4, 0.5) is 16.4 Å². The number of nitrogens with two attached hydrogens (primary N) is 1. The molecule has 0 bridgehead atoms. The minimum atomic E-state index is -0.675. The molecule has 3 fully saturated rings. The van der Waals surface area contributed by atoms with Crippen molar-refractivity contribution in [2.24, 2.45) is 22.9 Å². The van der Waals surface area contributed by atoms with Crippen molar-refractivity contribution in [3.05, 3.63) is 82.6 Å². The number of likely N-dealkylation sites (tertiary alicyclic amines) is 3. The van der Waals surface area contributed by atoms with E-state index in [0.29, 0.717) is 22.6 Å². The zero-order valence-corrected chi connectivity index (χ0v) is 35.7. The molecule has 3 aromatic rings. The minimum absolute atomic E-state index is 0. The van der Waals surface area contributed by atoms with E-state index >= 15 is 0 Å². The molecule has 6 rings (SSSR count). The van der Waals surface area contributed by atoms with Crippen LogP contribution in [-0.4, -0.2) is 112 Å². The molecular formula is C46H69ClN8O6. The van der Waals surface area contributed by atoms with E-state index < -0.39 is 17.7 Å². The molecule has 0 radical (unpaired) electrons. The molecule has 14 nitrogen and oxygen atoms in total. The van der Waals surface area contributed by atoms with E-state index in [2.05, 4.69) is 30.2 Å². The van der Waals surface area contributed by atoms with Crippen molar-refractivity contribution in [3.8, 4) is 0 Å². The largest absolute Gasteiger partial charge is 0.481 e. The Bertz CT molecular complexity index is 1850. The van der Waals surface area contributed by atoms with E-state index in [9.17, 15) is 14.4 Å². The van der Waals surface area contributed by atoms with Crippen molar-refractivity contribution in [1.82, 2.24) is 24.7 Å². The molecule has 15 heteroatoms. The third-order valence-electron chi connectivity index (χ3n) is 11.0. The number of halogens is 1. The molecule has 2 aromatic heterocycles. The van der Waals surface area contributed by atoms with Gasteiger partial charge in [-0.1, -0.05) is 43.7 Å². The summed E-state index contributed by atoms with van der Waals surface area (Å²) in [5.74, 6) is 0.862. The molecule has 3 aliphatic rings. The Hall–Kier alpha value is -4.79. The summed E-state index contributed by atoms with van der Waals surface area (Å²) < 4.78 is 5.23. The Labute approximate surface area is 368 Å². The van der Waals surface area contributed by atoms with Gasteiger partial charge in [0.05, 0.1) is 11.6 Å². The number of aryl methyl sites for hydroxylation is 1. The van der Waals surface area contributed by atoms with Crippen LogP contribution < -0.4 is 11.1 Å². The average molecular weight is 866 g/mol. The fraction of sp³-hybridized carbons (Fsp3) is 0.565. The first-order valence-corrected chi connectivity index (χ1v) is 21.1. The van der Waals surface area contributed by atoms with Crippen LogP contribution in [0.1, 0.15) is 97.3 Å². The number of anilines is 2. The third-order valence-corrected chi connectivity index (χ3v) is 11.3. The molecule has 5 heterocycles. The van der Waals surface area contributed by atoms with Gasteiger partial charge in [-0.3, -0.25) is 19.8 Å². The number of hydrogen-bond acceptors (Lipinski definition) is 11. The summed E-state index contributed by atoms with van der Waals surface area (Å²) in [6.45, 7) is 12.3. The second-order valence-corrected chi connectivity index (χ2v) is 17.1. The molecule has 61 heavy (non-hydrogen) atoms. The van der Waals surface area contributed by atoms with Gasteiger partial charge in [0, 0.05) is 48.9 Å². The second-order valence-electron chi connectivity index (χ2n) is 16.6. The van der Waals surface area contributed by atoms with E-state index in [0.717, 1.165) is 121 Å². The van der Waals surface area contributed by atoms with Crippen LogP contribution in [0.15, 0.2) is 66.1 Å². The highest BCUT2D eigenvalue weighted by atomic mass is 35.5. The van der Waals surface area contributed by atoms with Crippen LogP contribution in [0.2, 0.25) is 5.02 Å². The van der Waals surface area contributed by atoms with Gasteiger partial charge in [0.15, 0.2) is 0 Å². The van der Waals surface area contributed by atoms with Crippen molar-refractivity contribution in [2.45, 2.75) is 99.1 Å². The topological polar surface area (TPSA) is 176 Å². The summed E-state index contributed by atoms with van der Waals surface area (Å²) in [4.78, 5) is 56.1. The number of nitrogens with zero attached hydrogens (tertiary/aromatic N) is 6. The van der Waals surface area contributed by atoms with E-state index in [1.54, 1.807) is 19.5 Å². The number of ether oxygens (including phenoxy) is 1. The number of carbonyl (C=O) groups is 3. The zero-order chi connectivity index (χ0) is 42.4. The highest BCUT2D eigenvalue weighted by Gasteiger charge is 2.33. The van der Waals surface area contributed by atoms with Gasteiger partial charge in [-0.15, -0.1) is 0 Å². The average Bonchev–Trinajstić information content (AvgIpc) is 3.20. The van der Waals surface area contributed by atoms with Crippen molar-refractivity contribution >= 4 is 46.9 Å². The number of oxime groups is 1. The number of piperidine rings is 3. The summed E-state index contributed by atoms with van der Waals surface area (Å²) in [6.07, 6.45) is 9.82. The number of rotatable bonds is 12. The second kappa shape index (κ2) is 24.6. The lowest BCUT2D eigenvalue weighted by molar-refractivity contribution is -0.143. The lowest BCUT2D eigenvalue weighted by Crippen LogP contribution is -2.46. The predicted molar refractivity (Wildman–Crippen MR) is 244 cm³/mol. The number of hydrogen-bond donors (Lipinski definition) is 3. The monoisotopic (exact) mass is 865 g/mol. The van der Waals surface area contributed by atoms with Gasteiger partial charge >= 0.3 is 12.1 Å². The Morgan fingerprint density at radius 2 is 1.43 bits per heavy atom. The minimum Gasteiger partial charge on any atom is -0.481 e. The number of carbonyl (C=O) groups excluding carboxylic acids is 2. The fourth-order valence-electron chi connectivity index (χ4n) is 7.92. The van der Waals surface area contributed by atoms with E-state index in [1.807, 2.05) is 74.2 Å². The van der Waals surface area contributed by atoms with E-state index in [1.165, 1.54) is 5.56 Å². The van der Waals surface area contributed by atoms with Crippen molar-refractivity contribution < 1.29 is 29.1 Å². The molecular weight excluding hydrogens is 796 g/mol. The first kappa shape index (κ1) is 50.6. The van der Waals surface area contributed by atoms with E-state index in [4.69, 9.17) is 32.0 Å². The van der Waals surface area contributed by atoms with Crippen molar-refractivity contribution in [3.63, 3.8) is 0 Å². The van der Waals surface area contributed by atoms with Gasteiger partial charge in [0.2, 0.25) is 5.91 Å². The van der Waals surface area contributed by atoms with Crippen LogP contribution >= 0.6 is 11.6 Å². The number of amides is 2. The third kappa shape index (κ3) is 16.5. The number of nitrogen functional groups attached to an aromatic ring is 1. The molecule has 1 aromatic carbocycles.